The number of carbonyl (C=O) groups is 2. The maximum atomic E-state index is 13.1. The van der Waals surface area contributed by atoms with Crippen LogP contribution in [-0.4, -0.2) is 64.6 Å². The van der Waals surface area contributed by atoms with Gasteiger partial charge in [0.25, 0.3) is 5.91 Å². The quantitative estimate of drug-likeness (QED) is 0.589. The van der Waals surface area contributed by atoms with Crippen molar-refractivity contribution in [3.63, 3.8) is 0 Å². The van der Waals surface area contributed by atoms with E-state index < -0.39 is 28.5 Å². The summed E-state index contributed by atoms with van der Waals surface area (Å²) in [4.78, 5) is 26.4. The summed E-state index contributed by atoms with van der Waals surface area (Å²) in [5.41, 5.74) is 1.45. The van der Waals surface area contributed by atoms with Crippen molar-refractivity contribution in [2.24, 2.45) is 0 Å². The van der Waals surface area contributed by atoms with Gasteiger partial charge in [-0.15, -0.1) is 11.3 Å². The number of aryl methyl sites for hydroxylation is 2. The van der Waals surface area contributed by atoms with Crippen LogP contribution in [0.3, 0.4) is 0 Å². The molecule has 2 aliphatic rings. The number of methoxy groups -OCH3 is 1. The van der Waals surface area contributed by atoms with Crippen LogP contribution in [-0.2, 0) is 37.1 Å². The number of sulfonamides is 1. The van der Waals surface area contributed by atoms with E-state index in [9.17, 15) is 18.0 Å². The first-order valence-corrected chi connectivity index (χ1v) is 13.0. The molecule has 0 radical (unpaired) electrons. The topological polar surface area (TPSA) is 111 Å². The third-order valence-corrected chi connectivity index (χ3v) is 8.70. The molecule has 0 bridgehead atoms. The fraction of sp³-hybridized carbons (Fsp3) is 0.455. The van der Waals surface area contributed by atoms with Crippen LogP contribution in [0.1, 0.15) is 33.0 Å². The van der Waals surface area contributed by atoms with Crippen molar-refractivity contribution in [1.82, 2.24) is 4.31 Å². The Balaban J connectivity index is 1.41. The molecular weight excluding hydrogens is 468 g/mol. The van der Waals surface area contributed by atoms with Gasteiger partial charge in [0, 0.05) is 23.7 Å². The second kappa shape index (κ2) is 10.2. The van der Waals surface area contributed by atoms with Crippen LogP contribution in [0.2, 0.25) is 0 Å². The number of nitrogens with zero attached hydrogens (tertiary/aromatic N) is 1. The zero-order chi connectivity index (χ0) is 23.4. The number of ether oxygens (including phenoxy) is 3. The van der Waals surface area contributed by atoms with Gasteiger partial charge in [-0.2, -0.15) is 4.31 Å². The first kappa shape index (κ1) is 23.7. The summed E-state index contributed by atoms with van der Waals surface area (Å²) >= 11 is 1.42. The van der Waals surface area contributed by atoms with Gasteiger partial charge in [-0.1, -0.05) is 0 Å². The average molecular weight is 495 g/mol. The molecular formula is C22H26N2O7S2. The smallest absolute Gasteiger partial charge is 0.348 e. The number of nitrogens with one attached hydrogen (secondary N) is 1. The lowest BCUT2D eigenvalue weighted by Crippen LogP contribution is -2.40. The Labute approximate surface area is 196 Å². The van der Waals surface area contributed by atoms with Gasteiger partial charge in [0.1, 0.15) is 15.5 Å². The number of morpholine rings is 1. The number of hydrogen-bond acceptors (Lipinski definition) is 8. The van der Waals surface area contributed by atoms with E-state index in [4.69, 9.17) is 14.2 Å². The molecule has 1 aromatic carbocycles. The number of carbonyl (C=O) groups excluding carboxylic acids is 2. The van der Waals surface area contributed by atoms with E-state index in [1.807, 2.05) is 6.07 Å². The third kappa shape index (κ3) is 5.37. The van der Waals surface area contributed by atoms with E-state index >= 15 is 0 Å². The van der Waals surface area contributed by atoms with Crippen LogP contribution in [0.4, 0.5) is 5.69 Å². The van der Waals surface area contributed by atoms with Gasteiger partial charge in [-0.3, -0.25) is 4.79 Å². The number of anilines is 1. The number of benzene rings is 1. The van der Waals surface area contributed by atoms with Crippen LogP contribution in [0, 0.1) is 0 Å². The summed E-state index contributed by atoms with van der Waals surface area (Å²) in [5.74, 6) is -0.924. The van der Waals surface area contributed by atoms with Crippen LogP contribution < -0.4 is 10.1 Å². The highest BCUT2D eigenvalue weighted by atomic mass is 32.2. The van der Waals surface area contributed by atoms with Crippen molar-refractivity contribution in [2.75, 3.05) is 45.3 Å². The molecule has 33 heavy (non-hydrogen) atoms. The summed E-state index contributed by atoms with van der Waals surface area (Å²) < 4.78 is 43.1. The average Bonchev–Trinajstić information content (AvgIpc) is 3.27. The monoisotopic (exact) mass is 494 g/mol. The Morgan fingerprint density at radius 1 is 1.15 bits per heavy atom. The molecule has 1 amide bonds. The fourth-order valence-electron chi connectivity index (χ4n) is 3.87. The molecule has 1 N–H and O–H groups in total. The normalized spacial score (nSPS) is 16.6. The predicted octanol–water partition coefficient (Wildman–Crippen LogP) is 2.45. The Morgan fingerprint density at radius 3 is 2.64 bits per heavy atom. The summed E-state index contributed by atoms with van der Waals surface area (Å²) in [6.45, 7) is 0.639. The molecule has 0 unspecified atom stereocenters. The van der Waals surface area contributed by atoms with Crippen molar-refractivity contribution in [3.05, 3.63) is 39.6 Å². The lowest BCUT2D eigenvalue weighted by molar-refractivity contribution is -0.119. The molecule has 0 saturated carbocycles. The molecule has 11 heteroatoms. The van der Waals surface area contributed by atoms with E-state index in [-0.39, 0.29) is 29.4 Å². The Hall–Kier alpha value is -2.47. The van der Waals surface area contributed by atoms with Gasteiger partial charge < -0.3 is 19.5 Å². The second-order valence-corrected chi connectivity index (χ2v) is 10.8. The minimum absolute atomic E-state index is 0.0501. The Bertz CT molecular complexity index is 1110. The lowest BCUT2D eigenvalue weighted by atomic mass is 9.99. The summed E-state index contributed by atoms with van der Waals surface area (Å²) in [5, 5.41) is 2.59. The third-order valence-electron chi connectivity index (χ3n) is 5.57. The van der Waals surface area contributed by atoms with Gasteiger partial charge in [0.05, 0.1) is 20.3 Å². The highest BCUT2D eigenvalue weighted by Crippen LogP contribution is 2.31. The van der Waals surface area contributed by atoms with Crippen LogP contribution in [0.15, 0.2) is 29.2 Å². The molecule has 2 heterocycles. The van der Waals surface area contributed by atoms with Gasteiger partial charge in [-0.05, 0) is 55.5 Å². The standard InChI is InChI=1S/C22H26N2O7S2/c1-29-17-7-6-16(13-20(17)33(27,28)24-8-10-30-11-9-24)23-21(25)14-31-22(26)19-12-15-4-2-3-5-18(15)32-19/h6-7,12-13H,2-5,8-11,14H2,1H3,(H,23,25). The second-order valence-electron chi connectivity index (χ2n) is 7.77. The number of esters is 1. The molecule has 1 saturated heterocycles. The predicted molar refractivity (Wildman–Crippen MR) is 122 cm³/mol. The molecule has 4 rings (SSSR count). The molecule has 9 nitrogen and oxygen atoms in total. The molecule has 178 valence electrons. The van der Waals surface area contributed by atoms with E-state index in [1.165, 1.54) is 51.4 Å². The van der Waals surface area contributed by atoms with Gasteiger partial charge in [0.2, 0.25) is 10.0 Å². The minimum atomic E-state index is -3.83. The zero-order valence-electron chi connectivity index (χ0n) is 18.3. The lowest BCUT2D eigenvalue weighted by Gasteiger charge is -2.26. The van der Waals surface area contributed by atoms with E-state index in [0.29, 0.717) is 18.1 Å². The molecule has 1 aromatic heterocycles. The van der Waals surface area contributed by atoms with Crippen molar-refractivity contribution in [2.45, 2.75) is 30.6 Å². The SMILES string of the molecule is COc1ccc(NC(=O)COC(=O)c2cc3c(s2)CCCC3)cc1S(=O)(=O)N1CCOCC1. The first-order chi connectivity index (χ1) is 15.9. The van der Waals surface area contributed by atoms with Crippen LogP contribution in [0.25, 0.3) is 0 Å². The molecule has 2 aromatic rings. The molecule has 0 atom stereocenters. The number of fused-ring (bicyclic) bond motifs is 1. The largest absolute Gasteiger partial charge is 0.495 e. The molecule has 1 fully saturated rings. The van der Waals surface area contributed by atoms with Crippen molar-refractivity contribution in [3.8, 4) is 5.75 Å². The van der Waals surface area contributed by atoms with Crippen molar-refractivity contribution >= 4 is 38.9 Å². The van der Waals surface area contributed by atoms with E-state index in [0.717, 1.165) is 25.7 Å². The minimum Gasteiger partial charge on any atom is -0.495 e. The number of thiophene rings is 1. The highest BCUT2D eigenvalue weighted by Gasteiger charge is 2.29. The highest BCUT2D eigenvalue weighted by molar-refractivity contribution is 7.89. The number of hydrogen-bond donors (Lipinski definition) is 1. The summed E-state index contributed by atoms with van der Waals surface area (Å²) in [6.07, 6.45) is 4.18. The summed E-state index contributed by atoms with van der Waals surface area (Å²) in [6, 6.07) is 6.21. The Kier molecular flexibility index (Phi) is 7.32. The molecule has 0 spiro atoms. The molecule has 1 aliphatic carbocycles. The Morgan fingerprint density at radius 2 is 1.91 bits per heavy atom. The fourth-order valence-corrected chi connectivity index (χ4v) is 6.61. The molecule has 1 aliphatic heterocycles. The first-order valence-electron chi connectivity index (χ1n) is 10.7. The van der Waals surface area contributed by atoms with E-state index in [1.54, 1.807) is 0 Å². The van der Waals surface area contributed by atoms with E-state index in [2.05, 4.69) is 5.32 Å². The summed E-state index contributed by atoms with van der Waals surface area (Å²) in [7, 11) is -2.45. The van der Waals surface area contributed by atoms with Crippen LogP contribution in [0.5, 0.6) is 5.75 Å². The van der Waals surface area contributed by atoms with Crippen molar-refractivity contribution < 1.29 is 32.2 Å². The number of rotatable bonds is 7. The zero-order valence-corrected chi connectivity index (χ0v) is 19.9. The van der Waals surface area contributed by atoms with Crippen LogP contribution >= 0.6 is 11.3 Å². The number of amides is 1. The van der Waals surface area contributed by atoms with Crippen molar-refractivity contribution in [1.29, 1.82) is 0 Å². The van der Waals surface area contributed by atoms with Gasteiger partial charge in [-0.25, -0.2) is 13.2 Å². The van der Waals surface area contributed by atoms with Gasteiger partial charge >= 0.3 is 5.97 Å². The maximum Gasteiger partial charge on any atom is 0.348 e. The maximum absolute atomic E-state index is 13.1. The van der Waals surface area contributed by atoms with Gasteiger partial charge in [0.15, 0.2) is 6.61 Å².